The molecule has 0 bridgehead atoms. The summed E-state index contributed by atoms with van der Waals surface area (Å²) in [6, 6.07) is 9.88. The number of amides is 1. The van der Waals surface area contributed by atoms with Gasteiger partial charge in [0.05, 0.1) is 0 Å². The van der Waals surface area contributed by atoms with Crippen molar-refractivity contribution in [2.45, 2.75) is 6.92 Å². The van der Waals surface area contributed by atoms with Crippen LogP contribution < -0.4 is 0 Å². The normalized spacial score (nSPS) is 10.7. The van der Waals surface area contributed by atoms with E-state index in [1.807, 2.05) is 6.92 Å². The smallest absolute Gasteiger partial charge is 0.254 e. The van der Waals surface area contributed by atoms with E-state index in [9.17, 15) is 9.18 Å². The third-order valence-electron chi connectivity index (χ3n) is 3.12. The molecule has 4 heteroatoms. The zero-order chi connectivity index (χ0) is 13.8. The van der Waals surface area contributed by atoms with E-state index < -0.39 is 0 Å². The monoisotopic (exact) mass is 279 g/mol. The highest BCUT2D eigenvalue weighted by Crippen LogP contribution is 2.23. The first-order chi connectivity index (χ1) is 9.19. The Balaban J connectivity index is 2.51. The molecule has 1 amide bonds. The number of halogens is 2. The van der Waals surface area contributed by atoms with Crippen LogP contribution >= 0.6 is 11.6 Å². The van der Waals surface area contributed by atoms with E-state index in [2.05, 4.69) is 0 Å². The maximum Gasteiger partial charge on any atom is 0.254 e. The fourth-order valence-corrected chi connectivity index (χ4v) is 2.33. The molecule has 2 aromatic rings. The van der Waals surface area contributed by atoms with Crippen molar-refractivity contribution in [1.29, 1.82) is 0 Å². The molecule has 0 unspecified atom stereocenters. The zero-order valence-corrected chi connectivity index (χ0v) is 11.5. The first-order valence-electron chi connectivity index (χ1n) is 6.21. The summed E-state index contributed by atoms with van der Waals surface area (Å²) in [5, 5.41) is 1.11. The van der Waals surface area contributed by atoms with Crippen molar-refractivity contribution in [2.24, 2.45) is 0 Å². The van der Waals surface area contributed by atoms with Crippen LogP contribution in [-0.4, -0.2) is 29.8 Å². The molecular weight excluding hydrogens is 265 g/mol. The van der Waals surface area contributed by atoms with Crippen LogP contribution in [0.3, 0.4) is 0 Å². The summed E-state index contributed by atoms with van der Waals surface area (Å²) < 4.78 is 13.7. The van der Waals surface area contributed by atoms with Crippen molar-refractivity contribution in [3.05, 3.63) is 47.8 Å². The number of benzene rings is 2. The number of rotatable bonds is 4. The standard InChI is InChI=1S/C15H15ClFNO/c1-2-18(10-9-16)15(19)13-7-8-14(17)12-6-4-3-5-11(12)13/h3-8H,2,9-10H2,1H3. The summed E-state index contributed by atoms with van der Waals surface area (Å²) in [5.41, 5.74) is 0.518. The van der Waals surface area contributed by atoms with Gasteiger partial charge in [-0.15, -0.1) is 11.6 Å². The quantitative estimate of drug-likeness (QED) is 0.782. The maximum atomic E-state index is 13.7. The summed E-state index contributed by atoms with van der Waals surface area (Å²) in [4.78, 5) is 14.1. The summed E-state index contributed by atoms with van der Waals surface area (Å²) >= 11 is 5.70. The van der Waals surface area contributed by atoms with Crippen LogP contribution in [0, 0.1) is 5.82 Å². The van der Waals surface area contributed by atoms with Gasteiger partial charge in [0, 0.05) is 29.9 Å². The minimum absolute atomic E-state index is 0.112. The van der Waals surface area contributed by atoms with E-state index in [1.54, 1.807) is 29.2 Å². The second-order valence-corrected chi connectivity index (χ2v) is 4.59. The van der Waals surface area contributed by atoms with Gasteiger partial charge in [-0.25, -0.2) is 4.39 Å². The molecule has 2 aromatic carbocycles. The summed E-state index contributed by atoms with van der Waals surface area (Å²) in [6.07, 6.45) is 0. The molecule has 0 heterocycles. The topological polar surface area (TPSA) is 20.3 Å². The Labute approximate surface area is 116 Å². The fraction of sp³-hybridized carbons (Fsp3) is 0.267. The largest absolute Gasteiger partial charge is 0.338 e. The van der Waals surface area contributed by atoms with Gasteiger partial charge in [0.25, 0.3) is 5.91 Å². The van der Waals surface area contributed by atoms with Crippen LogP contribution in [0.4, 0.5) is 4.39 Å². The lowest BCUT2D eigenvalue weighted by molar-refractivity contribution is 0.0776. The molecule has 0 aliphatic rings. The third kappa shape index (κ3) is 2.71. The second-order valence-electron chi connectivity index (χ2n) is 4.21. The van der Waals surface area contributed by atoms with Gasteiger partial charge in [-0.1, -0.05) is 24.3 Å². The van der Waals surface area contributed by atoms with Gasteiger partial charge in [-0.2, -0.15) is 0 Å². The molecule has 2 rings (SSSR count). The molecule has 0 N–H and O–H groups in total. The molecule has 0 atom stereocenters. The lowest BCUT2D eigenvalue weighted by Gasteiger charge is -2.20. The number of nitrogens with zero attached hydrogens (tertiary/aromatic N) is 1. The SMILES string of the molecule is CCN(CCCl)C(=O)c1ccc(F)c2ccccc12. The summed E-state index contributed by atoms with van der Waals surface area (Å²) in [6.45, 7) is 2.97. The van der Waals surface area contributed by atoms with Crippen molar-refractivity contribution in [2.75, 3.05) is 19.0 Å². The van der Waals surface area contributed by atoms with E-state index in [0.717, 1.165) is 0 Å². The highest BCUT2D eigenvalue weighted by Gasteiger charge is 2.17. The van der Waals surface area contributed by atoms with Crippen molar-refractivity contribution in [3.8, 4) is 0 Å². The minimum Gasteiger partial charge on any atom is -0.338 e. The number of alkyl halides is 1. The van der Waals surface area contributed by atoms with Gasteiger partial charge in [-0.3, -0.25) is 4.79 Å². The van der Waals surface area contributed by atoms with Crippen LogP contribution in [-0.2, 0) is 0 Å². The van der Waals surface area contributed by atoms with Crippen LogP contribution in [0.15, 0.2) is 36.4 Å². The summed E-state index contributed by atoms with van der Waals surface area (Å²) in [7, 11) is 0. The molecule has 100 valence electrons. The fourth-order valence-electron chi connectivity index (χ4n) is 2.12. The maximum absolute atomic E-state index is 13.7. The van der Waals surface area contributed by atoms with Crippen molar-refractivity contribution in [3.63, 3.8) is 0 Å². The molecule has 0 aromatic heterocycles. The Bertz CT molecular complexity index is 600. The summed E-state index contributed by atoms with van der Waals surface area (Å²) in [5.74, 6) is -0.0366. The van der Waals surface area contributed by atoms with E-state index in [4.69, 9.17) is 11.6 Å². The Morgan fingerprint density at radius 1 is 1.21 bits per heavy atom. The number of carbonyl (C=O) groups is 1. The van der Waals surface area contributed by atoms with Crippen LogP contribution in [0.25, 0.3) is 10.8 Å². The Kier molecular flexibility index (Phi) is 4.38. The van der Waals surface area contributed by atoms with Gasteiger partial charge < -0.3 is 4.90 Å². The van der Waals surface area contributed by atoms with Gasteiger partial charge >= 0.3 is 0 Å². The van der Waals surface area contributed by atoms with E-state index >= 15 is 0 Å². The highest BCUT2D eigenvalue weighted by atomic mass is 35.5. The Morgan fingerprint density at radius 2 is 1.89 bits per heavy atom. The van der Waals surface area contributed by atoms with Gasteiger partial charge in [-0.05, 0) is 24.4 Å². The number of hydrogen-bond donors (Lipinski definition) is 0. The molecule has 0 saturated heterocycles. The lowest BCUT2D eigenvalue weighted by Crippen LogP contribution is -2.32. The van der Waals surface area contributed by atoms with Crippen LogP contribution in [0.5, 0.6) is 0 Å². The van der Waals surface area contributed by atoms with Crippen LogP contribution in [0.2, 0.25) is 0 Å². The number of fused-ring (bicyclic) bond motifs is 1. The molecule has 0 spiro atoms. The average molecular weight is 280 g/mol. The molecule has 19 heavy (non-hydrogen) atoms. The van der Waals surface area contributed by atoms with Gasteiger partial charge in [0.1, 0.15) is 5.82 Å². The number of hydrogen-bond acceptors (Lipinski definition) is 1. The molecule has 0 saturated carbocycles. The average Bonchev–Trinajstić information content (AvgIpc) is 2.45. The number of carbonyl (C=O) groups excluding carboxylic acids is 1. The first-order valence-corrected chi connectivity index (χ1v) is 6.75. The molecule has 0 aliphatic carbocycles. The Morgan fingerprint density at radius 3 is 2.53 bits per heavy atom. The van der Waals surface area contributed by atoms with Crippen molar-refractivity contribution in [1.82, 2.24) is 4.90 Å². The molecular formula is C15H15ClFNO. The molecule has 0 aliphatic heterocycles. The minimum atomic E-state index is -0.312. The molecule has 0 fully saturated rings. The van der Waals surface area contributed by atoms with Crippen LogP contribution in [0.1, 0.15) is 17.3 Å². The predicted octanol–water partition coefficient (Wildman–Crippen LogP) is 3.68. The zero-order valence-electron chi connectivity index (χ0n) is 10.7. The van der Waals surface area contributed by atoms with Gasteiger partial charge in [0.15, 0.2) is 0 Å². The third-order valence-corrected chi connectivity index (χ3v) is 3.29. The lowest BCUT2D eigenvalue weighted by atomic mass is 10.0. The van der Waals surface area contributed by atoms with Gasteiger partial charge in [0.2, 0.25) is 0 Å². The van der Waals surface area contributed by atoms with E-state index in [1.165, 1.54) is 12.1 Å². The van der Waals surface area contributed by atoms with Crippen molar-refractivity contribution < 1.29 is 9.18 Å². The first kappa shape index (κ1) is 13.8. The van der Waals surface area contributed by atoms with E-state index in [-0.39, 0.29) is 11.7 Å². The molecule has 2 nitrogen and oxygen atoms in total. The van der Waals surface area contributed by atoms with E-state index in [0.29, 0.717) is 35.3 Å². The molecule has 0 radical (unpaired) electrons. The predicted molar refractivity (Wildman–Crippen MR) is 76.2 cm³/mol. The Hall–Kier alpha value is -1.61. The highest BCUT2D eigenvalue weighted by molar-refractivity contribution is 6.18. The second kappa shape index (κ2) is 6.02. The van der Waals surface area contributed by atoms with Crippen molar-refractivity contribution >= 4 is 28.3 Å².